The van der Waals surface area contributed by atoms with Gasteiger partial charge < -0.3 is 15.6 Å². The van der Waals surface area contributed by atoms with Crippen LogP contribution in [0, 0.1) is 6.92 Å². The van der Waals surface area contributed by atoms with E-state index in [1.165, 1.54) is 0 Å². The molecule has 1 aliphatic heterocycles. The zero-order valence-corrected chi connectivity index (χ0v) is 12.0. The zero-order valence-electron chi connectivity index (χ0n) is 11.2. The number of hydrogen-bond donors (Lipinski definition) is 3. The maximum atomic E-state index is 12.7. The number of ketones is 1. The summed E-state index contributed by atoms with van der Waals surface area (Å²) < 4.78 is 0. The monoisotopic (exact) mass is 296 g/mol. The largest absolute Gasteiger partial charge is 0.350 e. The minimum absolute atomic E-state index is 0.0281. The molecule has 0 saturated carbocycles. The van der Waals surface area contributed by atoms with Crippen molar-refractivity contribution in [1.29, 1.82) is 0 Å². The van der Waals surface area contributed by atoms with Crippen LogP contribution in [0.15, 0.2) is 36.0 Å². The fourth-order valence-corrected chi connectivity index (χ4v) is 3.11. The molecule has 104 valence electrons. The van der Waals surface area contributed by atoms with Gasteiger partial charge in [-0.25, -0.2) is 4.98 Å². The number of fused-ring (bicyclic) bond motifs is 2. The van der Waals surface area contributed by atoms with E-state index in [0.717, 1.165) is 22.8 Å². The Labute approximate surface area is 126 Å². The molecule has 0 fully saturated rings. The van der Waals surface area contributed by atoms with Crippen molar-refractivity contribution in [3.05, 3.63) is 58.7 Å². The lowest BCUT2D eigenvalue weighted by Crippen LogP contribution is -2.43. The molecule has 2 heterocycles. The second-order valence-electron chi connectivity index (χ2n) is 5.12. The first-order valence-electron chi connectivity index (χ1n) is 6.62. The van der Waals surface area contributed by atoms with E-state index in [-0.39, 0.29) is 11.8 Å². The van der Waals surface area contributed by atoms with Gasteiger partial charge in [0, 0.05) is 11.1 Å². The highest BCUT2D eigenvalue weighted by atomic mass is 32.1. The van der Waals surface area contributed by atoms with Crippen LogP contribution in [0.3, 0.4) is 0 Å². The Hall–Kier alpha value is -2.47. The van der Waals surface area contributed by atoms with Gasteiger partial charge in [0.2, 0.25) is 0 Å². The summed E-state index contributed by atoms with van der Waals surface area (Å²) in [5.74, 6) is 0.835. The van der Waals surface area contributed by atoms with E-state index < -0.39 is 0 Å². The number of nitrogens with zero attached hydrogens (tertiary/aromatic N) is 1. The molecule has 0 spiro atoms. The predicted molar refractivity (Wildman–Crippen MR) is 82.6 cm³/mol. The van der Waals surface area contributed by atoms with Crippen LogP contribution in [0.2, 0.25) is 0 Å². The second-order valence-corrected chi connectivity index (χ2v) is 5.53. The summed E-state index contributed by atoms with van der Waals surface area (Å²) in [6, 6.07) is 7.28. The first kappa shape index (κ1) is 12.3. The van der Waals surface area contributed by atoms with E-state index in [2.05, 4.69) is 20.6 Å². The Balaban J connectivity index is 1.90. The summed E-state index contributed by atoms with van der Waals surface area (Å²) in [4.78, 5) is 20.1. The van der Waals surface area contributed by atoms with Crippen molar-refractivity contribution in [2.24, 2.45) is 0 Å². The molecule has 1 aromatic heterocycles. The molecule has 4 rings (SSSR count). The lowest BCUT2D eigenvalue weighted by Gasteiger charge is -2.27. The van der Waals surface area contributed by atoms with Crippen molar-refractivity contribution in [2.75, 3.05) is 0 Å². The molecule has 3 N–H and O–H groups in total. The summed E-state index contributed by atoms with van der Waals surface area (Å²) in [6.45, 7) is 1.88. The number of Topliss-reactive ketones (excluding diaryl/α,β-unsaturated/α-hetero) is 1. The van der Waals surface area contributed by atoms with Gasteiger partial charge in [0.05, 0.1) is 23.2 Å². The number of benzene rings is 1. The summed E-state index contributed by atoms with van der Waals surface area (Å²) in [5, 5.41) is 6.78. The van der Waals surface area contributed by atoms with Crippen LogP contribution in [0.4, 0.5) is 0 Å². The molecular formula is C15H12N4OS. The van der Waals surface area contributed by atoms with Gasteiger partial charge in [-0.3, -0.25) is 4.79 Å². The van der Waals surface area contributed by atoms with Crippen LogP contribution in [-0.2, 0) is 0 Å². The number of H-pyrrole nitrogens is 1. The number of imidazole rings is 1. The first-order chi connectivity index (χ1) is 10.1. The molecule has 1 unspecified atom stereocenters. The number of carbonyl (C=O) groups excluding carboxylic acids is 1. The normalized spacial score (nSPS) is 20.0. The van der Waals surface area contributed by atoms with Crippen LogP contribution >= 0.6 is 12.2 Å². The highest BCUT2D eigenvalue weighted by molar-refractivity contribution is 7.80. The molecule has 0 amide bonds. The maximum Gasteiger partial charge on any atom is 0.194 e. The molecule has 2 aromatic rings. The molecule has 1 atom stereocenters. The number of rotatable bonds is 1. The average Bonchev–Trinajstić information content (AvgIpc) is 3.02. The SMILES string of the molecule is Cc1ncc(C2NC(=S)NC3=C2C(=O)c2ccccc23)[nH]1. The topological polar surface area (TPSA) is 69.8 Å². The Morgan fingerprint density at radius 3 is 2.71 bits per heavy atom. The zero-order chi connectivity index (χ0) is 14.6. The molecule has 1 aliphatic carbocycles. The van der Waals surface area contributed by atoms with Crippen LogP contribution in [-0.4, -0.2) is 20.9 Å². The number of aromatic amines is 1. The van der Waals surface area contributed by atoms with Crippen molar-refractivity contribution in [3.63, 3.8) is 0 Å². The van der Waals surface area contributed by atoms with Gasteiger partial charge in [0.15, 0.2) is 10.9 Å². The summed E-state index contributed by atoms with van der Waals surface area (Å²) >= 11 is 5.28. The van der Waals surface area contributed by atoms with Gasteiger partial charge in [-0.15, -0.1) is 0 Å². The molecule has 21 heavy (non-hydrogen) atoms. The number of hydrogen-bond acceptors (Lipinski definition) is 3. The Morgan fingerprint density at radius 2 is 2.00 bits per heavy atom. The van der Waals surface area contributed by atoms with E-state index >= 15 is 0 Å². The third-order valence-corrected chi connectivity index (χ3v) is 4.01. The van der Waals surface area contributed by atoms with E-state index in [0.29, 0.717) is 16.2 Å². The smallest absolute Gasteiger partial charge is 0.194 e. The predicted octanol–water partition coefficient (Wildman–Crippen LogP) is 1.84. The molecular weight excluding hydrogens is 284 g/mol. The van der Waals surface area contributed by atoms with Crippen LogP contribution in [0.1, 0.15) is 33.5 Å². The standard InChI is InChI=1S/C15H12N4OS/c1-7-16-6-10(17-7)13-11-12(18-15(21)19-13)8-4-2-3-5-9(8)14(11)20/h2-6,13H,1H3,(H,16,17)(H2,18,19,21). The molecule has 0 saturated heterocycles. The summed E-state index contributed by atoms with van der Waals surface area (Å²) in [7, 11) is 0. The number of nitrogens with one attached hydrogen (secondary N) is 3. The highest BCUT2D eigenvalue weighted by Gasteiger charge is 2.39. The number of carbonyl (C=O) groups is 1. The summed E-state index contributed by atoms with van der Waals surface area (Å²) in [6.07, 6.45) is 1.74. The van der Waals surface area contributed by atoms with Crippen molar-refractivity contribution in [3.8, 4) is 0 Å². The third-order valence-electron chi connectivity index (χ3n) is 3.79. The van der Waals surface area contributed by atoms with Crippen molar-refractivity contribution < 1.29 is 4.79 Å². The van der Waals surface area contributed by atoms with Gasteiger partial charge in [-0.1, -0.05) is 24.3 Å². The van der Waals surface area contributed by atoms with Gasteiger partial charge in [0.1, 0.15) is 11.9 Å². The molecule has 0 bridgehead atoms. The van der Waals surface area contributed by atoms with Crippen LogP contribution < -0.4 is 10.6 Å². The lowest BCUT2D eigenvalue weighted by atomic mass is 9.99. The Kier molecular flexibility index (Phi) is 2.49. The van der Waals surface area contributed by atoms with E-state index in [1.807, 2.05) is 31.2 Å². The number of aromatic nitrogens is 2. The van der Waals surface area contributed by atoms with E-state index in [1.54, 1.807) is 6.20 Å². The fraction of sp³-hybridized carbons (Fsp3) is 0.133. The van der Waals surface area contributed by atoms with Crippen molar-refractivity contribution >= 4 is 28.8 Å². The fourth-order valence-electron chi connectivity index (χ4n) is 2.89. The Bertz CT molecular complexity index is 821. The van der Waals surface area contributed by atoms with Gasteiger partial charge in [-0.2, -0.15) is 0 Å². The van der Waals surface area contributed by atoms with Crippen molar-refractivity contribution in [2.45, 2.75) is 13.0 Å². The second kappa shape index (κ2) is 4.26. The van der Waals surface area contributed by atoms with Gasteiger partial charge >= 0.3 is 0 Å². The quantitative estimate of drug-likeness (QED) is 0.701. The lowest BCUT2D eigenvalue weighted by molar-refractivity contribution is 0.103. The molecule has 2 aliphatic rings. The highest BCUT2D eigenvalue weighted by Crippen LogP contribution is 2.39. The average molecular weight is 296 g/mol. The van der Waals surface area contributed by atoms with Crippen molar-refractivity contribution in [1.82, 2.24) is 20.6 Å². The molecule has 0 radical (unpaired) electrons. The van der Waals surface area contributed by atoms with E-state index in [9.17, 15) is 4.79 Å². The number of aryl methyl sites for hydroxylation is 1. The van der Waals surface area contributed by atoms with Gasteiger partial charge in [-0.05, 0) is 19.1 Å². The number of thiocarbonyl (C=S) groups is 1. The minimum Gasteiger partial charge on any atom is -0.350 e. The minimum atomic E-state index is -0.296. The van der Waals surface area contributed by atoms with Crippen LogP contribution in [0.25, 0.3) is 5.70 Å². The van der Waals surface area contributed by atoms with Crippen LogP contribution in [0.5, 0.6) is 0 Å². The van der Waals surface area contributed by atoms with E-state index in [4.69, 9.17) is 12.2 Å². The summed E-state index contributed by atoms with van der Waals surface area (Å²) in [5.41, 5.74) is 3.94. The maximum absolute atomic E-state index is 12.7. The molecule has 6 heteroatoms. The Morgan fingerprint density at radius 1 is 1.24 bits per heavy atom. The first-order valence-corrected chi connectivity index (χ1v) is 7.03. The van der Waals surface area contributed by atoms with Gasteiger partial charge in [0.25, 0.3) is 0 Å². The third kappa shape index (κ3) is 1.72. The molecule has 1 aromatic carbocycles. The molecule has 5 nitrogen and oxygen atoms in total.